The number of carbonyl (C=O) groups is 2. The van der Waals surface area contributed by atoms with Crippen LogP contribution in [0.2, 0.25) is 0 Å². The molecule has 2 fully saturated rings. The SMILES string of the molecule is O=C(CC1CC1)N(Cc1ccc2oc(-c3ccccc3-c3nnn[nH]3)c(Br)c2c1)CC1(C(=O)O)CCCC1. The number of aliphatic carboxylic acids is 1. The highest BCUT2D eigenvalue weighted by Gasteiger charge is 2.44. The molecule has 2 aliphatic rings. The Morgan fingerprint density at radius 1 is 1.13 bits per heavy atom. The van der Waals surface area contributed by atoms with E-state index < -0.39 is 11.4 Å². The second-order valence-corrected chi connectivity index (χ2v) is 11.4. The summed E-state index contributed by atoms with van der Waals surface area (Å²) >= 11 is 3.74. The standard InChI is InChI=1S/C28H28BrN5O4/c29-24-21-13-18(15-34(23(35)14-17-7-8-17)16-28(27(36)37)11-3-4-12-28)9-10-22(21)38-25(24)19-5-1-2-6-20(19)26-30-32-33-31-26/h1-2,5-6,9-10,13,17H,3-4,7-8,11-12,14-16H2,(H,36,37)(H,30,31,32,33). The number of halogens is 1. The molecule has 0 bridgehead atoms. The number of aromatic amines is 1. The molecule has 1 amide bonds. The maximum absolute atomic E-state index is 13.3. The first kappa shape index (κ1) is 24.8. The minimum atomic E-state index is -0.855. The van der Waals surface area contributed by atoms with Crippen molar-refractivity contribution < 1.29 is 19.1 Å². The first-order valence-corrected chi connectivity index (χ1v) is 13.8. The highest BCUT2D eigenvalue weighted by molar-refractivity contribution is 9.10. The highest BCUT2D eigenvalue weighted by atomic mass is 79.9. The van der Waals surface area contributed by atoms with Gasteiger partial charge in [0.25, 0.3) is 0 Å². The third-order valence-electron chi connectivity index (χ3n) is 7.86. The van der Waals surface area contributed by atoms with E-state index in [1.54, 1.807) is 4.90 Å². The van der Waals surface area contributed by atoms with Crippen molar-refractivity contribution in [2.24, 2.45) is 11.3 Å². The molecule has 10 heteroatoms. The molecule has 196 valence electrons. The summed E-state index contributed by atoms with van der Waals surface area (Å²) in [5, 5.41) is 25.2. The summed E-state index contributed by atoms with van der Waals surface area (Å²) in [6.45, 7) is 0.617. The largest absolute Gasteiger partial charge is 0.481 e. The van der Waals surface area contributed by atoms with Gasteiger partial charge in [-0.15, -0.1) is 5.10 Å². The van der Waals surface area contributed by atoms with Crippen molar-refractivity contribution in [1.29, 1.82) is 0 Å². The zero-order chi connectivity index (χ0) is 26.3. The van der Waals surface area contributed by atoms with E-state index in [4.69, 9.17) is 4.42 Å². The number of benzene rings is 2. The molecule has 38 heavy (non-hydrogen) atoms. The first-order chi connectivity index (χ1) is 18.4. The number of furan rings is 1. The van der Waals surface area contributed by atoms with Crippen LogP contribution in [0.15, 0.2) is 51.4 Å². The van der Waals surface area contributed by atoms with Gasteiger partial charge in [0, 0.05) is 36.0 Å². The van der Waals surface area contributed by atoms with Crippen LogP contribution in [0.4, 0.5) is 0 Å². The molecule has 6 rings (SSSR count). The lowest BCUT2D eigenvalue weighted by atomic mass is 9.85. The van der Waals surface area contributed by atoms with Crippen molar-refractivity contribution in [3.63, 3.8) is 0 Å². The molecule has 2 aromatic carbocycles. The predicted molar refractivity (Wildman–Crippen MR) is 144 cm³/mol. The van der Waals surface area contributed by atoms with Crippen molar-refractivity contribution in [3.8, 4) is 22.7 Å². The van der Waals surface area contributed by atoms with Crippen LogP contribution in [0.5, 0.6) is 0 Å². The van der Waals surface area contributed by atoms with E-state index in [0.29, 0.717) is 48.9 Å². The van der Waals surface area contributed by atoms with Crippen LogP contribution in [0, 0.1) is 11.3 Å². The van der Waals surface area contributed by atoms with Gasteiger partial charge >= 0.3 is 5.97 Å². The molecule has 0 aliphatic heterocycles. The Hall–Kier alpha value is -3.53. The van der Waals surface area contributed by atoms with Crippen LogP contribution in [-0.4, -0.2) is 49.1 Å². The summed E-state index contributed by atoms with van der Waals surface area (Å²) in [6.07, 6.45) is 5.65. The molecule has 2 aliphatic carbocycles. The highest BCUT2D eigenvalue weighted by Crippen LogP contribution is 2.43. The van der Waals surface area contributed by atoms with Gasteiger partial charge in [0.2, 0.25) is 5.91 Å². The second kappa shape index (κ2) is 9.98. The molecule has 0 unspecified atom stereocenters. The first-order valence-electron chi connectivity index (χ1n) is 13.0. The summed E-state index contributed by atoms with van der Waals surface area (Å²) < 4.78 is 7.05. The summed E-state index contributed by atoms with van der Waals surface area (Å²) in [6, 6.07) is 13.6. The van der Waals surface area contributed by atoms with Crippen molar-refractivity contribution in [3.05, 3.63) is 52.5 Å². The molecule has 0 atom stereocenters. The van der Waals surface area contributed by atoms with E-state index in [1.165, 1.54) is 0 Å². The van der Waals surface area contributed by atoms with Gasteiger partial charge in [-0.25, -0.2) is 5.10 Å². The minimum Gasteiger partial charge on any atom is -0.481 e. The number of nitrogens with zero attached hydrogens (tertiary/aromatic N) is 4. The molecular formula is C28H28BrN5O4. The maximum Gasteiger partial charge on any atom is 0.311 e. The summed E-state index contributed by atoms with van der Waals surface area (Å²) in [5.74, 6) is 0.876. The Bertz CT molecular complexity index is 1490. The van der Waals surface area contributed by atoms with Crippen molar-refractivity contribution in [2.45, 2.75) is 51.5 Å². The number of amides is 1. The number of fused-ring (bicyclic) bond motifs is 1. The van der Waals surface area contributed by atoms with Crippen LogP contribution >= 0.6 is 15.9 Å². The lowest BCUT2D eigenvalue weighted by Crippen LogP contribution is -2.44. The Labute approximate surface area is 227 Å². The van der Waals surface area contributed by atoms with Gasteiger partial charge in [0.05, 0.1) is 9.89 Å². The Balaban J connectivity index is 1.33. The number of hydrogen-bond acceptors (Lipinski definition) is 6. The zero-order valence-corrected chi connectivity index (χ0v) is 22.4. The van der Waals surface area contributed by atoms with E-state index in [9.17, 15) is 14.7 Å². The number of aromatic nitrogens is 4. The van der Waals surface area contributed by atoms with Gasteiger partial charge < -0.3 is 14.4 Å². The van der Waals surface area contributed by atoms with Crippen molar-refractivity contribution in [1.82, 2.24) is 25.5 Å². The third-order valence-corrected chi connectivity index (χ3v) is 8.65. The van der Waals surface area contributed by atoms with Crippen LogP contribution in [0.1, 0.15) is 50.5 Å². The van der Waals surface area contributed by atoms with Gasteiger partial charge in [0.15, 0.2) is 5.82 Å². The van der Waals surface area contributed by atoms with Gasteiger partial charge in [-0.1, -0.05) is 43.2 Å². The lowest BCUT2D eigenvalue weighted by molar-refractivity contribution is -0.151. The molecule has 9 nitrogen and oxygen atoms in total. The number of tetrazole rings is 1. The monoisotopic (exact) mass is 577 g/mol. The number of nitrogens with one attached hydrogen (secondary N) is 1. The molecule has 0 spiro atoms. The topological polar surface area (TPSA) is 125 Å². The Kier molecular flexibility index (Phi) is 6.51. The summed E-state index contributed by atoms with van der Waals surface area (Å²) in [7, 11) is 0. The van der Waals surface area contributed by atoms with Gasteiger partial charge in [0.1, 0.15) is 11.3 Å². The lowest BCUT2D eigenvalue weighted by Gasteiger charge is -2.32. The molecule has 0 radical (unpaired) electrons. The number of carboxylic acids is 1. The molecule has 0 saturated heterocycles. The van der Waals surface area contributed by atoms with E-state index in [2.05, 4.69) is 36.6 Å². The minimum absolute atomic E-state index is 0.0432. The average molecular weight is 578 g/mol. The fraction of sp³-hybridized carbons (Fsp3) is 0.393. The number of hydrogen-bond donors (Lipinski definition) is 2. The fourth-order valence-corrected chi connectivity index (χ4v) is 6.16. The average Bonchev–Trinajstić information content (AvgIpc) is 3.28. The normalized spacial score (nSPS) is 16.7. The number of rotatable bonds is 9. The molecule has 2 saturated carbocycles. The molecule has 4 aromatic rings. The number of carbonyl (C=O) groups excluding carboxylic acids is 1. The van der Waals surface area contributed by atoms with Crippen LogP contribution in [0.25, 0.3) is 33.7 Å². The fourth-order valence-electron chi connectivity index (χ4n) is 5.55. The van der Waals surface area contributed by atoms with Gasteiger partial charge in [-0.3, -0.25) is 9.59 Å². The van der Waals surface area contributed by atoms with E-state index in [-0.39, 0.29) is 12.5 Å². The third kappa shape index (κ3) is 4.73. The van der Waals surface area contributed by atoms with Crippen LogP contribution in [0.3, 0.4) is 0 Å². The molecule has 2 aromatic heterocycles. The number of carboxylic acid groups (broad SMARTS) is 1. The van der Waals surface area contributed by atoms with E-state index in [0.717, 1.165) is 52.2 Å². The second-order valence-electron chi connectivity index (χ2n) is 10.6. The predicted octanol–water partition coefficient (Wildman–Crippen LogP) is 5.82. The van der Waals surface area contributed by atoms with E-state index >= 15 is 0 Å². The van der Waals surface area contributed by atoms with E-state index in [1.807, 2.05) is 42.5 Å². The quantitative estimate of drug-likeness (QED) is 0.257. The zero-order valence-electron chi connectivity index (χ0n) is 20.8. The van der Waals surface area contributed by atoms with Gasteiger partial charge in [-0.2, -0.15) is 0 Å². The Morgan fingerprint density at radius 3 is 2.58 bits per heavy atom. The summed E-state index contributed by atoms with van der Waals surface area (Å²) in [5.41, 5.74) is 2.42. The smallest absolute Gasteiger partial charge is 0.311 e. The van der Waals surface area contributed by atoms with Crippen LogP contribution in [-0.2, 0) is 16.1 Å². The van der Waals surface area contributed by atoms with Crippen molar-refractivity contribution in [2.75, 3.05) is 6.54 Å². The van der Waals surface area contributed by atoms with Crippen LogP contribution < -0.4 is 0 Å². The maximum atomic E-state index is 13.3. The summed E-state index contributed by atoms with van der Waals surface area (Å²) in [4.78, 5) is 27.4. The molecule has 2 heterocycles. The Morgan fingerprint density at radius 2 is 1.89 bits per heavy atom. The van der Waals surface area contributed by atoms with Gasteiger partial charge in [-0.05, 0) is 75.7 Å². The molecular weight excluding hydrogens is 550 g/mol. The number of H-pyrrole nitrogens is 1. The van der Waals surface area contributed by atoms with Crippen molar-refractivity contribution >= 4 is 38.8 Å². The molecule has 2 N–H and O–H groups in total.